The molecule has 0 aromatic heterocycles. The molecule has 6 atom stereocenters. The summed E-state index contributed by atoms with van der Waals surface area (Å²) in [7, 11) is 0. The molecular formula is C39H68N4O17. The van der Waals surface area contributed by atoms with E-state index in [0.717, 1.165) is 0 Å². The largest absolute Gasteiger partial charge is 0.422 e. The van der Waals surface area contributed by atoms with Gasteiger partial charge in [-0.1, -0.05) is 55.4 Å². The summed E-state index contributed by atoms with van der Waals surface area (Å²) in [5.41, 5.74) is 0. The Morgan fingerprint density at radius 2 is 0.767 bits per heavy atom. The maximum atomic E-state index is 12.4. The number of amides is 4. The minimum atomic E-state index is -1.12. The van der Waals surface area contributed by atoms with Crippen LogP contribution in [-0.4, -0.2) is 139 Å². The quantitative estimate of drug-likeness (QED) is 0.0312. The van der Waals surface area contributed by atoms with Gasteiger partial charge in [-0.25, -0.2) is 19.2 Å². The van der Waals surface area contributed by atoms with Crippen molar-refractivity contribution in [3.05, 3.63) is 0 Å². The van der Waals surface area contributed by atoms with Gasteiger partial charge in [0.25, 0.3) is 0 Å². The Balaban J connectivity index is 5.73. The lowest BCUT2D eigenvalue weighted by Gasteiger charge is -2.22. The molecule has 346 valence electrons. The fourth-order valence-electron chi connectivity index (χ4n) is 4.89. The van der Waals surface area contributed by atoms with Crippen molar-refractivity contribution in [2.75, 3.05) is 53.6 Å². The summed E-state index contributed by atoms with van der Waals surface area (Å²) in [5, 5.41) is 9.35. The average Bonchev–Trinajstić information content (AvgIpc) is 3.15. The van der Waals surface area contributed by atoms with Gasteiger partial charge in [-0.15, -0.1) is 0 Å². The van der Waals surface area contributed by atoms with Crippen molar-refractivity contribution in [1.29, 1.82) is 0 Å². The van der Waals surface area contributed by atoms with Crippen molar-refractivity contribution in [2.45, 2.75) is 124 Å². The molecule has 0 aromatic rings. The predicted octanol–water partition coefficient (Wildman–Crippen LogP) is 3.39. The SMILES string of the molecule is [2H]C(=O)C(CC(C)C)NC(=O)OCOCC(COCC(COCOC(=O)NC(CC(C)C)C(C)=O)OCOC(=O)NC(CC(C)C)C([2H])=O)OCOC(=O)NC(CC(C)C)C([2H])=O. The number of Topliss-reactive ketones (excluding diaryl/α,β-unsaturated/α-hetero) is 1. The molecule has 0 radical (unpaired) electrons. The molecule has 0 saturated carbocycles. The molecule has 0 aliphatic carbocycles. The van der Waals surface area contributed by atoms with Crippen LogP contribution in [0.15, 0.2) is 0 Å². The Bertz CT molecular complexity index is 1320. The average molecular weight is 868 g/mol. The van der Waals surface area contributed by atoms with Gasteiger partial charge in [0.15, 0.2) is 33.0 Å². The van der Waals surface area contributed by atoms with E-state index in [2.05, 4.69) is 21.3 Å². The van der Waals surface area contributed by atoms with Crippen LogP contribution < -0.4 is 21.3 Å². The highest BCUT2D eigenvalue weighted by Gasteiger charge is 2.22. The van der Waals surface area contributed by atoms with Crippen LogP contribution in [0, 0.1) is 23.7 Å². The first-order chi connectivity index (χ1) is 29.5. The minimum Gasteiger partial charge on any atom is -0.422 e. The van der Waals surface area contributed by atoms with Gasteiger partial charge in [0, 0.05) is 0 Å². The van der Waals surface area contributed by atoms with E-state index >= 15 is 0 Å². The molecule has 0 aliphatic rings. The molecule has 0 rings (SSSR count). The summed E-state index contributed by atoms with van der Waals surface area (Å²) in [6, 6.07) is -4.10. The number of nitrogens with one attached hydrogen (secondary N) is 4. The Morgan fingerprint density at radius 3 is 1.07 bits per heavy atom. The number of carbonyl (C=O) groups is 8. The molecule has 0 fully saturated rings. The molecule has 4 amide bonds. The maximum absolute atomic E-state index is 12.4. The second-order valence-electron chi connectivity index (χ2n) is 15.3. The lowest BCUT2D eigenvalue weighted by molar-refractivity contribution is -0.150. The highest BCUT2D eigenvalue weighted by molar-refractivity contribution is 5.85. The molecule has 0 heterocycles. The summed E-state index contributed by atoms with van der Waals surface area (Å²) in [6.07, 6.45) is -8.18. The smallest absolute Gasteiger partial charge is 0.409 e. The van der Waals surface area contributed by atoms with Crippen molar-refractivity contribution in [2.24, 2.45) is 23.7 Å². The van der Waals surface area contributed by atoms with E-state index in [1.54, 1.807) is 41.5 Å². The van der Waals surface area contributed by atoms with Crippen molar-refractivity contribution >= 4 is 48.9 Å². The van der Waals surface area contributed by atoms with Gasteiger partial charge in [0.2, 0.25) is 0 Å². The Labute approximate surface area is 356 Å². The highest BCUT2D eigenvalue weighted by atomic mass is 16.7. The molecule has 21 heteroatoms. The van der Waals surface area contributed by atoms with Gasteiger partial charge in [-0.3, -0.25) is 4.79 Å². The molecule has 21 nitrogen and oxygen atoms in total. The van der Waals surface area contributed by atoms with Crippen molar-refractivity contribution < 1.29 is 85.1 Å². The first kappa shape index (κ1) is 49.9. The van der Waals surface area contributed by atoms with Gasteiger partial charge >= 0.3 is 24.4 Å². The van der Waals surface area contributed by atoms with Gasteiger partial charge < -0.3 is 78.3 Å². The molecule has 6 unspecified atom stereocenters. The number of carbonyl (C=O) groups excluding carboxylic acids is 8. The van der Waals surface area contributed by atoms with Crippen LogP contribution in [0.2, 0.25) is 0 Å². The van der Waals surface area contributed by atoms with E-state index in [0.29, 0.717) is 6.42 Å². The monoisotopic (exact) mass is 867 g/mol. The summed E-state index contributed by atoms with van der Waals surface area (Å²) >= 11 is 0. The zero-order valence-electron chi connectivity index (χ0n) is 39.2. The fraction of sp³-hybridized carbons (Fsp3) is 0.795. The summed E-state index contributed by atoms with van der Waals surface area (Å²) < 4.78 is 70.0. The lowest BCUT2D eigenvalue weighted by Crippen LogP contribution is -2.41. The van der Waals surface area contributed by atoms with Gasteiger partial charge in [-0.2, -0.15) is 0 Å². The zero-order valence-corrected chi connectivity index (χ0v) is 36.2. The number of alkyl carbamates (subject to hydrolysis) is 4. The van der Waals surface area contributed by atoms with Crippen LogP contribution >= 0.6 is 0 Å². The van der Waals surface area contributed by atoms with E-state index in [1.807, 2.05) is 13.8 Å². The van der Waals surface area contributed by atoms with Crippen molar-refractivity contribution in [3.8, 4) is 0 Å². The molecule has 0 saturated heterocycles. The van der Waals surface area contributed by atoms with Crippen molar-refractivity contribution in [1.82, 2.24) is 21.3 Å². The molecule has 4 N–H and O–H groups in total. The number of ether oxygens (including phenoxy) is 9. The van der Waals surface area contributed by atoms with Gasteiger partial charge in [-0.05, 0) is 56.3 Å². The number of ketones is 1. The number of rotatable bonds is 34. The molecule has 0 aromatic carbocycles. The van der Waals surface area contributed by atoms with E-state index in [4.69, 9.17) is 46.7 Å². The zero-order chi connectivity index (χ0) is 48.1. The Hall–Kier alpha value is -4.44. The second-order valence-corrected chi connectivity index (χ2v) is 15.3. The molecular weight excluding hydrogens is 796 g/mol. The third kappa shape index (κ3) is 30.6. The van der Waals surface area contributed by atoms with E-state index < -0.39 is 107 Å². The van der Waals surface area contributed by atoms with E-state index in [1.165, 1.54) is 6.92 Å². The standard InChI is InChI=1S/C39H68N4O17/c1-25(2)10-30(14-44)40-36(48)57-21-53-19-33(55-23-59-37(49)41-31(15-45)11-26(3)4)17-52-18-34(56-24-60-38(50)42-32(16-46)12-27(5)6)20-54-22-58-39(51)43-35(29(9)47)13-28(7)8/h14-16,25-28,30-35H,10-13,17-24H2,1-9H3,(H,40,48)(H,41,49)(H,42,50)(H,43,51)/i14D,15D,16D. The maximum Gasteiger partial charge on any atom is 0.409 e. The Kier molecular flexibility index (Phi) is 27.7. The molecule has 0 spiro atoms. The number of aldehydes is 3. The van der Waals surface area contributed by atoms with Crippen LogP contribution in [-0.2, 0) is 61.8 Å². The molecule has 0 aliphatic heterocycles. The van der Waals surface area contributed by atoms with Crippen molar-refractivity contribution in [3.63, 3.8) is 0 Å². The molecule has 0 bridgehead atoms. The predicted molar refractivity (Wildman–Crippen MR) is 212 cm³/mol. The second kappa shape index (κ2) is 33.3. The topological polar surface area (TPSA) is 268 Å². The van der Waals surface area contributed by atoms with Crippen LogP contribution in [0.4, 0.5) is 19.2 Å². The first-order valence-corrected chi connectivity index (χ1v) is 19.7. The van der Waals surface area contributed by atoms with Gasteiger partial charge in [0.05, 0.1) is 50.6 Å². The lowest BCUT2D eigenvalue weighted by atomic mass is 10.0. The Morgan fingerprint density at radius 1 is 0.467 bits per heavy atom. The normalized spacial score (nSPS) is 15.0. The third-order valence-electron chi connectivity index (χ3n) is 7.66. The van der Waals surface area contributed by atoms with Crippen LogP contribution in [0.1, 0.15) is 92.1 Å². The summed E-state index contributed by atoms with van der Waals surface area (Å²) in [5.74, 6) is -0.194. The van der Waals surface area contributed by atoms with Crippen LogP contribution in [0.25, 0.3) is 0 Å². The first-order valence-electron chi connectivity index (χ1n) is 21.2. The number of hydrogen-bond donors (Lipinski definition) is 4. The highest BCUT2D eigenvalue weighted by Crippen LogP contribution is 2.08. The minimum absolute atomic E-state index is 0.00505. The molecule has 60 heavy (non-hydrogen) atoms. The van der Waals surface area contributed by atoms with E-state index in [-0.39, 0.29) is 75.1 Å². The number of hydrogen-bond acceptors (Lipinski definition) is 17. The van der Waals surface area contributed by atoms with Crippen LogP contribution in [0.3, 0.4) is 0 Å². The summed E-state index contributed by atoms with van der Waals surface area (Å²) in [6.45, 7) is 12.0. The van der Waals surface area contributed by atoms with Crippen LogP contribution in [0.5, 0.6) is 0 Å². The fourth-order valence-corrected chi connectivity index (χ4v) is 4.89. The van der Waals surface area contributed by atoms with E-state index in [9.17, 15) is 38.4 Å². The third-order valence-corrected chi connectivity index (χ3v) is 7.66. The van der Waals surface area contributed by atoms with Gasteiger partial charge in [0.1, 0.15) is 35.1 Å². The summed E-state index contributed by atoms with van der Waals surface area (Å²) in [4.78, 5) is 96.3.